The Morgan fingerprint density at radius 1 is 1.44 bits per heavy atom. The van der Waals surface area contributed by atoms with Crippen molar-refractivity contribution in [3.63, 3.8) is 0 Å². The maximum atomic E-state index is 11.9. The van der Waals surface area contributed by atoms with Crippen LogP contribution in [0.1, 0.15) is 39.0 Å². The molecule has 0 aromatic heterocycles. The highest BCUT2D eigenvalue weighted by Gasteiger charge is 2.23. The van der Waals surface area contributed by atoms with Crippen molar-refractivity contribution in [2.24, 2.45) is 11.7 Å². The summed E-state index contributed by atoms with van der Waals surface area (Å²) in [6.45, 7) is 1.88. The number of likely N-dealkylation sites (N-methyl/N-ethyl adjacent to an activating group) is 1. The van der Waals surface area contributed by atoms with Crippen LogP contribution in [0.25, 0.3) is 0 Å². The minimum Gasteiger partial charge on any atom is -0.394 e. The maximum Gasteiger partial charge on any atom is 0.222 e. The molecule has 4 heteroatoms. The third-order valence-electron chi connectivity index (χ3n) is 3.67. The lowest BCUT2D eigenvalue weighted by Gasteiger charge is -2.29. The predicted octanol–water partition coefficient (Wildman–Crippen LogP) is 0.733. The first-order valence-corrected chi connectivity index (χ1v) is 6.16. The minimum atomic E-state index is -0.0849. The number of carbonyl (C=O) groups excluding carboxylic acids is 1. The fraction of sp³-hybridized carbons (Fsp3) is 0.917. The third-order valence-corrected chi connectivity index (χ3v) is 3.67. The topological polar surface area (TPSA) is 66.6 Å². The normalized spacial score (nSPS) is 27.5. The summed E-state index contributed by atoms with van der Waals surface area (Å²) < 4.78 is 0. The zero-order valence-corrected chi connectivity index (χ0v) is 10.4. The lowest BCUT2D eigenvalue weighted by Crippen LogP contribution is -2.38. The Morgan fingerprint density at radius 3 is 2.50 bits per heavy atom. The van der Waals surface area contributed by atoms with Gasteiger partial charge in [-0.1, -0.05) is 0 Å². The number of aliphatic hydroxyl groups excluding tert-OH is 1. The average molecular weight is 228 g/mol. The Hall–Kier alpha value is -0.610. The Morgan fingerprint density at radius 2 is 2.00 bits per heavy atom. The van der Waals surface area contributed by atoms with Crippen molar-refractivity contribution in [2.75, 3.05) is 13.7 Å². The molecule has 1 fully saturated rings. The van der Waals surface area contributed by atoms with Crippen LogP contribution < -0.4 is 5.73 Å². The second-order valence-electron chi connectivity index (χ2n) is 5.02. The molecule has 16 heavy (non-hydrogen) atoms. The average Bonchev–Trinajstić information content (AvgIpc) is 2.30. The van der Waals surface area contributed by atoms with Gasteiger partial charge in [0.15, 0.2) is 0 Å². The van der Waals surface area contributed by atoms with E-state index in [0.717, 1.165) is 25.7 Å². The molecule has 0 radical (unpaired) electrons. The van der Waals surface area contributed by atoms with E-state index in [1.165, 1.54) is 0 Å². The monoisotopic (exact) mass is 228 g/mol. The molecule has 1 atom stereocenters. The second-order valence-corrected chi connectivity index (χ2v) is 5.02. The van der Waals surface area contributed by atoms with Crippen LogP contribution in [-0.2, 0) is 4.79 Å². The zero-order valence-electron chi connectivity index (χ0n) is 10.4. The SMILES string of the molecule is CC(CO)N(C)C(=O)CC1CCC(N)CC1. The molecule has 0 aromatic carbocycles. The minimum absolute atomic E-state index is 0.0256. The van der Waals surface area contributed by atoms with Crippen LogP contribution in [0.5, 0.6) is 0 Å². The molecule has 0 bridgehead atoms. The van der Waals surface area contributed by atoms with Crippen molar-refractivity contribution in [3.8, 4) is 0 Å². The van der Waals surface area contributed by atoms with E-state index in [4.69, 9.17) is 10.8 Å². The Labute approximate surface area is 97.8 Å². The highest BCUT2D eigenvalue weighted by atomic mass is 16.3. The summed E-state index contributed by atoms with van der Waals surface area (Å²) in [5, 5.41) is 8.98. The molecule has 0 heterocycles. The van der Waals surface area contributed by atoms with Gasteiger partial charge in [-0.25, -0.2) is 0 Å². The second kappa shape index (κ2) is 6.21. The van der Waals surface area contributed by atoms with E-state index in [-0.39, 0.29) is 18.6 Å². The molecule has 1 amide bonds. The van der Waals surface area contributed by atoms with E-state index in [0.29, 0.717) is 18.4 Å². The lowest BCUT2D eigenvalue weighted by atomic mass is 9.84. The van der Waals surface area contributed by atoms with Crippen LogP contribution in [0.2, 0.25) is 0 Å². The Kier molecular flexibility index (Phi) is 5.22. The van der Waals surface area contributed by atoms with E-state index in [2.05, 4.69) is 0 Å². The Balaban J connectivity index is 2.33. The first kappa shape index (κ1) is 13.5. The van der Waals surface area contributed by atoms with Crippen LogP contribution in [-0.4, -0.2) is 41.7 Å². The maximum absolute atomic E-state index is 11.9. The molecule has 0 spiro atoms. The molecular formula is C12H24N2O2. The molecule has 0 aliphatic heterocycles. The molecule has 0 saturated heterocycles. The van der Waals surface area contributed by atoms with E-state index < -0.39 is 0 Å². The van der Waals surface area contributed by atoms with Crippen LogP contribution in [0, 0.1) is 5.92 Å². The van der Waals surface area contributed by atoms with Gasteiger partial charge in [-0.05, 0) is 38.5 Å². The van der Waals surface area contributed by atoms with Crippen molar-refractivity contribution < 1.29 is 9.90 Å². The van der Waals surface area contributed by atoms with Crippen molar-refractivity contribution in [1.82, 2.24) is 4.90 Å². The summed E-state index contributed by atoms with van der Waals surface area (Å²) in [5.74, 6) is 0.627. The fourth-order valence-electron chi connectivity index (χ4n) is 2.15. The summed E-state index contributed by atoms with van der Waals surface area (Å²) in [7, 11) is 1.76. The van der Waals surface area contributed by atoms with Gasteiger partial charge >= 0.3 is 0 Å². The number of hydrogen-bond acceptors (Lipinski definition) is 3. The predicted molar refractivity (Wildman–Crippen MR) is 63.9 cm³/mol. The number of rotatable bonds is 4. The van der Waals surface area contributed by atoms with E-state index in [9.17, 15) is 4.79 Å². The summed E-state index contributed by atoms with van der Waals surface area (Å²) in [6, 6.07) is 0.249. The molecule has 1 aliphatic rings. The number of aliphatic hydroxyl groups is 1. The van der Waals surface area contributed by atoms with Gasteiger partial charge in [-0.3, -0.25) is 4.79 Å². The highest BCUT2D eigenvalue weighted by molar-refractivity contribution is 5.76. The van der Waals surface area contributed by atoms with Crippen molar-refractivity contribution in [1.29, 1.82) is 0 Å². The first-order chi connectivity index (χ1) is 7.54. The zero-order chi connectivity index (χ0) is 12.1. The van der Waals surface area contributed by atoms with Gasteiger partial charge in [0, 0.05) is 19.5 Å². The summed E-state index contributed by atoms with van der Waals surface area (Å²) in [4.78, 5) is 13.5. The van der Waals surface area contributed by atoms with E-state index in [1.807, 2.05) is 6.92 Å². The van der Waals surface area contributed by atoms with Crippen LogP contribution >= 0.6 is 0 Å². The third kappa shape index (κ3) is 3.76. The molecule has 1 saturated carbocycles. The number of carbonyl (C=O) groups is 1. The van der Waals surface area contributed by atoms with Gasteiger partial charge in [-0.2, -0.15) is 0 Å². The van der Waals surface area contributed by atoms with Crippen molar-refractivity contribution >= 4 is 5.91 Å². The molecule has 1 rings (SSSR count). The first-order valence-electron chi connectivity index (χ1n) is 6.16. The van der Waals surface area contributed by atoms with Crippen molar-refractivity contribution in [3.05, 3.63) is 0 Å². The summed E-state index contributed by atoms with van der Waals surface area (Å²) in [5.41, 5.74) is 5.83. The number of nitrogens with zero attached hydrogens (tertiary/aromatic N) is 1. The molecule has 4 nitrogen and oxygen atoms in total. The molecule has 1 aliphatic carbocycles. The summed E-state index contributed by atoms with van der Waals surface area (Å²) >= 11 is 0. The highest BCUT2D eigenvalue weighted by Crippen LogP contribution is 2.26. The van der Waals surface area contributed by atoms with Gasteiger partial charge in [0.1, 0.15) is 0 Å². The fourth-order valence-corrected chi connectivity index (χ4v) is 2.15. The number of nitrogens with two attached hydrogens (primary N) is 1. The molecular weight excluding hydrogens is 204 g/mol. The molecule has 0 aromatic rings. The van der Waals surface area contributed by atoms with Gasteiger partial charge in [0.25, 0.3) is 0 Å². The standard InChI is InChI=1S/C12H24N2O2/c1-9(8-15)14(2)12(16)7-10-3-5-11(13)6-4-10/h9-11,15H,3-8,13H2,1-2H3. The van der Waals surface area contributed by atoms with Crippen LogP contribution in [0.15, 0.2) is 0 Å². The Bertz CT molecular complexity index is 225. The van der Waals surface area contributed by atoms with Gasteiger partial charge in [0.2, 0.25) is 5.91 Å². The number of hydrogen-bond donors (Lipinski definition) is 2. The number of amides is 1. The summed E-state index contributed by atoms with van der Waals surface area (Å²) in [6.07, 6.45) is 4.81. The van der Waals surface area contributed by atoms with Crippen LogP contribution in [0.3, 0.4) is 0 Å². The van der Waals surface area contributed by atoms with E-state index >= 15 is 0 Å². The largest absolute Gasteiger partial charge is 0.394 e. The lowest BCUT2D eigenvalue weighted by molar-refractivity contribution is -0.133. The van der Waals surface area contributed by atoms with Gasteiger partial charge in [0.05, 0.1) is 12.6 Å². The smallest absolute Gasteiger partial charge is 0.222 e. The molecule has 1 unspecified atom stereocenters. The quantitative estimate of drug-likeness (QED) is 0.745. The van der Waals surface area contributed by atoms with Gasteiger partial charge < -0.3 is 15.7 Å². The molecule has 3 N–H and O–H groups in total. The van der Waals surface area contributed by atoms with Crippen molar-refractivity contribution in [2.45, 2.75) is 51.1 Å². The van der Waals surface area contributed by atoms with E-state index in [1.54, 1.807) is 11.9 Å². The van der Waals surface area contributed by atoms with Gasteiger partial charge in [-0.15, -0.1) is 0 Å². The molecule has 94 valence electrons. The van der Waals surface area contributed by atoms with Crippen LogP contribution in [0.4, 0.5) is 0 Å².